The SMILES string of the molecule is CCOP(C)(=O)CCS(=O)(=O)O. The lowest BCUT2D eigenvalue weighted by Crippen LogP contribution is -2.09. The van der Waals surface area contributed by atoms with E-state index >= 15 is 0 Å². The molecule has 1 N–H and O–H groups in total. The lowest BCUT2D eigenvalue weighted by Gasteiger charge is -2.10. The number of hydrogen-bond acceptors (Lipinski definition) is 4. The van der Waals surface area contributed by atoms with Gasteiger partial charge in [-0.3, -0.25) is 9.12 Å². The molecule has 0 aliphatic heterocycles. The minimum absolute atomic E-state index is 0.139. The molecule has 0 spiro atoms. The molecule has 5 nitrogen and oxygen atoms in total. The van der Waals surface area contributed by atoms with E-state index in [0.717, 1.165) is 0 Å². The number of rotatable bonds is 5. The molecule has 1 unspecified atom stereocenters. The highest BCUT2D eigenvalue weighted by molar-refractivity contribution is 7.86. The second-order valence-corrected chi connectivity index (χ2v) is 6.75. The third-order valence-electron chi connectivity index (χ3n) is 1.16. The molecule has 0 aliphatic carbocycles. The van der Waals surface area contributed by atoms with Gasteiger partial charge < -0.3 is 4.52 Å². The van der Waals surface area contributed by atoms with Crippen LogP contribution < -0.4 is 0 Å². The van der Waals surface area contributed by atoms with Crippen molar-refractivity contribution in [1.82, 2.24) is 0 Å². The van der Waals surface area contributed by atoms with Crippen LogP contribution in [0.5, 0.6) is 0 Å². The molecule has 0 bridgehead atoms. The molecule has 7 heteroatoms. The summed E-state index contributed by atoms with van der Waals surface area (Å²) in [6.07, 6.45) is -0.139. The summed E-state index contributed by atoms with van der Waals surface area (Å²) in [7, 11) is -6.86. The van der Waals surface area contributed by atoms with Gasteiger partial charge in [0.25, 0.3) is 10.1 Å². The zero-order valence-corrected chi connectivity index (χ0v) is 8.77. The smallest absolute Gasteiger partial charge is 0.265 e. The standard InChI is InChI=1S/C5H13O5PS/c1-3-10-11(2,6)4-5-12(7,8)9/h3-5H2,1-2H3,(H,7,8,9). The van der Waals surface area contributed by atoms with E-state index in [0.29, 0.717) is 0 Å². The lowest BCUT2D eigenvalue weighted by molar-refractivity contribution is 0.338. The Bertz CT molecular complexity index is 270. The van der Waals surface area contributed by atoms with Crippen molar-refractivity contribution in [2.75, 3.05) is 25.2 Å². The maximum Gasteiger partial charge on any atom is 0.265 e. The van der Waals surface area contributed by atoms with Crippen molar-refractivity contribution in [3.63, 3.8) is 0 Å². The summed E-state index contributed by atoms with van der Waals surface area (Å²) < 4.78 is 44.9. The van der Waals surface area contributed by atoms with Gasteiger partial charge in [0.15, 0.2) is 0 Å². The van der Waals surface area contributed by atoms with Gasteiger partial charge in [-0.2, -0.15) is 8.42 Å². The molecule has 0 radical (unpaired) electrons. The fourth-order valence-corrected chi connectivity index (χ4v) is 3.54. The van der Waals surface area contributed by atoms with Gasteiger partial charge in [0.05, 0.1) is 12.4 Å². The van der Waals surface area contributed by atoms with Crippen LogP contribution in [0.1, 0.15) is 6.92 Å². The first kappa shape index (κ1) is 12.1. The predicted octanol–water partition coefficient (Wildman–Crippen LogP) is 0.819. The average Bonchev–Trinajstić information content (AvgIpc) is 1.83. The Labute approximate surface area is 72.3 Å². The van der Waals surface area contributed by atoms with Crippen molar-refractivity contribution < 1.29 is 22.1 Å². The van der Waals surface area contributed by atoms with E-state index in [1.807, 2.05) is 0 Å². The van der Waals surface area contributed by atoms with Crippen LogP contribution in [0, 0.1) is 0 Å². The van der Waals surface area contributed by atoms with Crippen molar-refractivity contribution in [3.8, 4) is 0 Å². The van der Waals surface area contributed by atoms with Gasteiger partial charge in [0.2, 0.25) is 7.37 Å². The third-order valence-corrected chi connectivity index (χ3v) is 4.02. The van der Waals surface area contributed by atoms with Crippen LogP contribution in [0.3, 0.4) is 0 Å². The molecular formula is C5H13O5PS. The second-order valence-electron chi connectivity index (χ2n) is 2.44. The van der Waals surface area contributed by atoms with E-state index in [1.54, 1.807) is 6.92 Å². The molecule has 0 aromatic carbocycles. The Morgan fingerprint density at radius 2 is 2.00 bits per heavy atom. The minimum atomic E-state index is -4.03. The Hall–Kier alpha value is 0.100. The van der Waals surface area contributed by atoms with Crippen molar-refractivity contribution in [1.29, 1.82) is 0 Å². The van der Waals surface area contributed by atoms with Crippen LogP contribution in [0.15, 0.2) is 0 Å². The summed E-state index contributed by atoms with van der Waals surface area (Å²) in [4.78, 5) is 0. The molecule has 0 aromatic rings. The van der Waals surface area contributed by atoms with Crippen LogP contribution in [0.2, 0.25) is 0 Å². The Balaban J connectivity index is 4.01. The molecular weight excluding hydrogens is 203 g/mol. The maximum atomic E-state index is 11.3. The fraction of sp³-hybridized carbons (Fsp3) is 1.00. The van der Waals surface area contributed by atoms with E-state index in [2.05, 4.69) is 0 Å². The normalized spacial score (nSPS) is 17.2. The average molecular weight is 216 g/mol. The molecule has 1 atom stereocenters. The van der Waals surface area contributed by atoms with Crippen molar-refractivity contribution in [2.45, 2.75) is 6.92 Å². The van der Waals surface area contributed by atoms with Crippen LogP contribution >= 0.6 is 7.37 Å². The van der Waals surface area contributed by atoms with Gasteiger partial charge in [0, 0.05) is 12.8 Å². The third kappa shape index (κ3) is 6.79. The minimum Gasteiger partial charge on any atom is -0.329 e. The highest BCUT2D eigenvalue weighted by atomic mass is 32.2. The zero-order valence-electron chi connectivity index (χ0n) is 7.06. The first-order valence-electron chi connectivity index (χ1n) is 3.43. The summed E-state index contributed by atoms with van der Waals surface area (Å²) in [6, 6.07) is 0. The second kappa shape index (κ2) is 4.37. The van der Waals surface area contributed by atoms with E-state index in [9.17, 15) is 13.0 Å². The summed E-state index contributed by atoms with van der Waals surface area (Å²) >= 11 is 0. The van der Waals surface area contributed by atoms with Gasteiger partial charge in [-0.15, -0.1) is 0 Å². The summed E-state index contributed by atoms with van der Waals surface area (Å²) in [5.41, 5.74) is 0. The summed E-state index contributed by atoms with van der Waals surface area (Å²) in [6.45, 7) is 3.30. The molecule has 0 heterocycles. The number of hydrogen-bond donors (Lipinski definition) is 1. The predicted molar refractivity (Wildman–Crippen MR) is 46.4 cm³/mol. The first-order chi connectivity index (χ1) is 5.27. The highest BCUT2D eigenvalue weighted by Gasteiger charge is 2.18. The van der Waals surface area contributed by atoms with Gasteiger partial charge in [-0.1, -0.05) is 0 Å². The maximum absolute atomic E-state index is 11.3. The summed E-state index contributed by atoms with van der Waals surface area (Å²) in [5.74, 6) is -0.513. The first-order valence-corrected chi connectivity index (χ1v) is 7.30. The van der Waals surface area contributed by atoms with E-state index < -0.39 is 23.2 Å². The topological polar surface area (TPSA) is 80.7 Å². The molecule has 12 heavy (non-hydrogen) atoms. The molecule has 0 fully saturated rings. The molecule has 0 aliphatic rings. The Morgan fingerprint density at radius 3 is 2.33 bits per heavy atom. The molecule has 0 rings (SSSR count). The van der Waals surface area contributed by atoms with Crippen molar-refractivity contribution >= 4 is 17.5 Å². The fourth-order valence-electron chi connectivity index (χ4n) is 0.619. The van der Waals surface area contributed by atoms with Crippen LogP contribution in [0.25, 0.3) is 0 Å². The lowest BCUT2D eigenvalue weighted by atomic mass is 10.9. The van der Waals surface area contributed by atoms with Crippen LogP contribution in [-0.2, 0) is 19.2 Å². The van der Waals surface area contributed by atoms with Crippen molar-refractivity contribution in [3.05, 3.63) is 0 Å². The van der Waals surface area contributed by atoms with Gasteiger partial charge >= 0.3 is 0 Å². The Kier molecular flexibility index (Phi) is 4.40. The quantitative estimate of drug-likeness (QED) is 0.543. The summed E-state index contributed by atoms with van der Waals surface area (Å²) in [5, 5.41) is 0. The molecule has 74 valence electrons. The van der Waals surface area contributed by atoms with Gasteiger partial charge in [-0.25, -0.2) is 0 Å². The molecule has 0 aromatic heterocycles. The largest absolute Gasteiger partial charge is 0.329 e. The highest BCUT2D eigenvalue weighted by Crippen LogP contribution is 2.41. The monoisotopic (exact) mass is 216 g/mol. The van der Waals surface area contributed by atoms with Crippen LogP contribution in [-0.4, -0.2) is 38.2 Å². The van der Waals surface area contributed by atoms with Gasteiger partial charge in [-0.05, 0) is 6.92 Å². The van der Waals surface area contributed by atoms with Crippen LogP contribution in [0.4, 0.5) is 0 Å². The van der Waals surface area contributed by atoms with Gasteiger partial charge in [0.1, 0.15) is 0 Å². The molecule has 0 saturated heterocycles. The molecule has 0 amide bonds. The molecule has 0 saturated carbocycles. The Morgan fingerprint density at radius 1 is 1.50 bits per heavy atom. The van der Waals surface area contributed by atoms with E-state index in [1.165, 1.54) is 6.66 Å². The zero-order chi connectivity index (χ0) is 9.83. The van der Waals surface area contributed by atoms with Crippen molar-refractivity contribution in [2.24, 2.45) is 0 Å². The van der Waals surface area contributed by atoms with E-state index in [4.69, 9.17) is 9.08 Å². The van der Waals surface area contributed by atoms with E-state index in [-0.39, 0.29) is 12.8 Å².